The lowest BCUT2D eigenvalue weighted by Gasteiger charge is -2.21. The number of nitrogens with two attached hydrogens (primary N) is 1. The van der Waals surface area contributed by atoms with Crippen LogP contribution in [0.25, 0.3) is 0 Å². The monoisotopic (exact) mass is 299 g/mol. The highest BCUT2D eigenvalue weighted by Crippen LogP contribution is 2.40. The summed E-state index contributed by atoms with van der Waals surface area (Å²) in [7, 11) is 4.67. The fourth-order valence-corrected chi connectivity index (χ4v) is 1.89. The predicted molar refractivity (Wildman–Crippen MR) is 80.5 cm³/mol. The number of methoxy groups -OCH3 is 3. The molecule has 1 atom stereocenters. The first-order chi connectivity index (χ1) is 9.97. The number of rotatable bonds is 9. The van der Waals surface area contributed by atoms with Crippen molar-refractivity contribution in [2.24, 2.45) is 5.73 Å². The van der Waals surface area contributed by atoms with Gasteiger partial charge in [0.15, 0.2) is 11.5 Å². The first kappa shape index (κ1) is 17.4. The van der Waals surface area contributed by atoms with E-state index in [9.17, 15) is 0 Å². The molecule has 0 saturated heterocycles. The fraction of sp³-hybridized carbons (Fsp3) is 0.600. The van der Waals surface area contributed by atoms with Gasteiger partial charge in [-0.2, -0.15) is 0 Å². The van der Waals surface area contributed by atoms with Gasteiger partial charge in [0, 0.05) is 17.7 Å². The van der Waals surface area contributed by atoms with E-state index >= 15 is 0 Å². The van der Waals surface area contributed by atoms with Gasteiger partial charge in [0.25, 0.3) is 0 Å². The highest BCUT2D eigenvalue weighted by atomic mass is 16.5. The van der Waals surface area contributed by atoms with E-state index in [1.807, 2.05) is 6.92 Å². The average molecular weight is 299 g/mol. The van der Waals surface area contributed by atoms with Crippen LogP contribution >= 0.6 is 0 Å². The van der Waals surface area contributed by atoms with Gasteiger partial charge in [-0.25, -0.2) is 0 Å². The second-order valence-electron chi connectivity index (χ2n) is 5.13. The Bertz CT molecular complexity index is 423. The molecular formula is C15H25NO5. The molecular weight excluding hydrogens is 274 g/mol. The molecule has 3 N–H and O–H groups in total. The Morgan fingerprint density at radius 1 is 1.10 bits per heavy atom. The molecule has 0 aromatic heterocycles. The summed E-state index contributed by atoms with van der Waals surface area (Å²) in [4.78, 5) is 0. The summed E-state index contributed by atoms with van der Waals surface area (Å²) < 4.78 is 21.4. The first-order valence-electron chi connectivity index (χ1n) is 6.80. The molecule has 0 heterocycles. The number of ether oxygens (including phenoxy) is 4. The molecule has 6 heteroatoms. The molecule has 0 bridgehead atoms. The molecule has 1 aromatic rings. The van der Waals surface area contributed by atoms with E-state index in [-0.39, 0.29) is 6.61 Å². The Kier molecular flexibility index (Phi) is 6.58. The van der Waals surface area contributed by atoms with Gasteiger partial charge in [-0.1, -0.05) is 0 Å². The van der Waals surface area contributed by atoms with Crippen molar-refractivity contribution in [2.45, 2.75) is 25.3 Å². The summed E-state index contributed by atoms with van der Waals surface area (Å²) in [5.41, 5.74) is 5.29. The normalized spacial score (nSPS) is 13.4. The molecule has 0 aliphatic heterocycles. The number of hydrogen-bond donors (Lipinski definition) is 2. The standard InChI is InChI=1S/C15H25NO5/c1-15(16,10-17)6-5-7-21-11-8-12(18-2)14(20-4)13(9-11)19-3/h8-9,17H,5-7,10,16H2,1-4H3. The molecule has 21 heavy (non-hydrogen) atoms. The van der Waals surface area contributed by atoms with Crippen LogP contribution in [0.3, 0.4) is 0 Å². The number of benzene rings is 1. The lowest BCUT2D eigenvalue weighted by atomic mass is 9.99. The van der Waals surface area contributed by atoms with Crippen LogP contribution in [0.15, 0.2) is 12.1 Å². The van der Waals surface area contributed by atoms with Gasteiger partial charge in [0.1, 0.15) is 5.75 Å². The Hall–Kier alpha value is -1.66. The predicted octanol–water partition coefficient (Wildman–Crippen LogP) is 1.58. The molecule has 0 saturated carbocycles. The zero-order valence-corrected chi connectivity index (χ0v) is 13.1. The van der Waals surface area contributed by atoms with Crippen molar-refractivity contribution in [2.75, 3.05) is 34.5 Å². The van der Waals surface area contributed by atoms with E-state index in [1.165, 1.54) is 0 Å². The minimum atomic E-state index is -0.571. The Morgan fingerprint density at radius 3 is 2.10 bits per heavy atom. The van der Waals surface area contributed by atoms with Crippen molar-refractivity contribution in [1.29, 1.82) is 0 Å². The quantitative estimate of drug-likeness (QED) is 0.674. The number of aliphatic hydroxyl groups excluding tert-OH is 1. The molecule has 0 spiro atoms. The van der Waals surface area contributed by atoms with E-state index in [4.69, 9.17) is 29.8 Å². The second-order valence-corrected chi connectivity index (χ2v) is 5.13. The minimum Gasteiger partial charge on any atom is -0.493 e. The van der Waals surface area contributed by atoms with Crippen LogP contribution < -0.4 is 24.7 Å². The Morgan fingerprint density at radius 2 is 1.67 bits per heavy atom. The zero-order valence-electron chi connectivity index (χ0n) is 13.1. The molecule has 120 valence electrons. The van der Waals surface area contributed by atoms with Crippen molar-refractivity contribution in [3.63, 3.8) is 0 Å². The molecule has 1 unspecified atom stereocenters. The molecule has 0 amide bonds. The fourth-order valence-electron chi connectivity index (χ4n) is 1.89. The third kappa shape index (κ3) is 4.99. The average Bonchev–Trinajstić information content (AvgIpc) is 2.50. The van der Waals surface area contributed by atoms with Gasteiger partial charge in [-0.3, -0.25) is 0 Å². The molecule has 0 aliphatic rings. The Balaban J connectivity index is 2.67. The summed E-state index contributed by atoms with van der Waals surface area (Å²) in [5.74, 6) is 2.26. The number of aliphatic hydroxyl groups is 1. The van der Waals surface area contributed by atoms with Crippen molar-refractivity contribution in [3.8, 4) is 23.0 Å². The first-order valence-corrected chi connectivity index (χ1v) is 6.80. The smallest absolute Gasteiger partial charge is 0.203 e. The van der Waals surface area contributed by atoms with Crippen molar-refractivity contribution < 1.29 is 24.1 Å². The molecule has 1 rings (SSSR count). The van der Waals surface area contributed by atoms with Crippen LogP contribution in [0.1, 0.15) is 19.8 Å². The van der Waals surface area contributed by atoms with Gasteiger partial charge < -0.3 is 29.8 Å². The summed E-state index contributed by atoms with van der Waals surface area (Å²) in [6.07, 6.45) is 1.41. The van der Waals surface area contributed by atoms with Crippen molar-refractivity contribution in [1.82, 2.24) is 0 Å². The van der Waals surface area contributed by atoms with E-state index in [0.717, 1.165) is 6.42 Å². The van der Waals surface area contributed by atoms with E-state index < -0.39 is 5.54 Å². The van der Waals surface area contributed by atoms with Gasteiger partial charge in [-0.05, 0) is 19.8 Å². The zero-order chi connectivity index (χ0) is 15.9. The van der Waals surface area contributed by atoms with E-state index in [1.54, 1.807) is 33.5 Å². The second kappa shape index (κ2) is 7.95. The minimum absolute atomic E-state index is 0.0445. The maximum absolute atomic E-state index is 9.09. The molecule has 0 aliphatic carbocycles. The third-order valence-electron chi connectivity index (χ3n) is 3.16. The van der Waals surface area contributed by atoms with E-state index in [2.05, 4.69) is 0 Å². The molecule has 0 fully saturated rings. The Labute approximate surface area is 125 Å². The van der Waals surface area contributed by atoms with Gasteiger partial charge >= 0.3 is 0 Å². The van der Waals surface area contributed by atoms with Crippen LogP contribution in [0.2, 0.25) is 0 Å². The lowest BCUT2D eigenvalue weighted by molar-refractivity contribution is 0.188. The third-order valence-corrected chi connectivity index (χ3v) is 3.16. The lowest BCUT2D eigenvalue weighted by Crippen LogP contribution is -2.40. The van der Waals surface area contributed by atoms with Crippen LogP contribution in [-0.4, -0.2) is 45.2 Å². The van der Waals surface area contributed by atoms with Gasteiger partial charge in [0.2, 0.25) is 5.75 Å². The number of hydrogen-bond acceptors (Lipinski definition) is 6. The maximum Gasteiger partial charge on any atom is 0.203 e. The summed E-state index contributed by atoms with van der Waals surface area (Å²) in [5, 5.41) is 9.09. The van der Waals surface area contributed by atoms with Crippen molar-refractivity contribution in [3.05, 3.63) is 12.1 Å². The molecule has 1 aromatic carbocycles. The summed E-state index contributed by atoms with van der Waals surface area (Å²) in [6, 6.07) is 3.49. The highest BCUT2D eigenvalue weighted by Gasteiger charge is 2.17. The largest absolute Gasteiger partial charge is 0.493 e. The maximum atomic E-state index is 9.09. The van der Waals surface area contributed by atoms with Crippen LogP contribution in [0.5, 0.6) is 23.0 Å². The SMILES string of the molecule is COc1cc(OCCCC(C)(N)CO)cc(OC)c1OC. The van der Waals surface area contributed by atoms with Crippen molar-refractivity contribution >= 4 is 0 Å². The molecule has 0 radical (unpaired) electrons. The summed E-state index contributed by atoms with van der Waals surface area (Å²) >= 11 is 0. The van der Waals surface area contributed by atoms with Gasteiger partial charge in [0.05, 0.1) is 34.5 Å². The molecule has 6 nitrogen and oxygen atoms in total. The highest BCUT2D eigenvalue weighted by molar-refractivity contribution is 5.55. The topological polar surface area (TPSA) is 83.2 Å². The summed E-state index contributed by atoms with van der Waals surface area (Å²) in [6.45, 7) is 2.26. The van der Waals surface area contributed by atoms with Crippen LogP contribution in [0.4, 0.5) is 0 Å². The van der Waals surface area contributed by atoms with E-state index in [0.29, 0.717) is 36.0 Å². The van der Waals surface area contributed by atoms with Crippen LogP contribution in [-0.2, 0) is 0 Å². The van der Waals surface area contributed by atoms with Gasteiger partial charge in [-0.15, -0.1) is 0 Å². The van der Waals surface area contributed by atoms with Crippen LogP contribution in [0, 0.1) is 0 Å².